The first kappa shape index (κ1) is 20.7. The molecular formula is C23H27N3O3. The topological polar surface area (TPSA) is 73.2 Å². The zero-order chi connectivity index (χ0) is 21.0. The van der Waals surface area contributed by atoms with Crippen LogP contribution >= 0.6 is 0 Å². The van der Waals surface area contributed by atoms with Crippen LogP contribution in [-0.2, 0) is 11.3 Å². The molecule has 0 fully saturated rings. The van der Waals surface area contributed by atoms with Crippen LogP contribution < -0.4 is 10.9 Å². The Kier molecular flexibility index (Phi) is 6.44. The van der Waals surface area contributed by atoms with E-state index in [-0.39, 0.29) is 11.5 Å². The first-order valence-corrected chi connectivity index (χ1v) is 9.75. The molecule has 0 aliphatic carbocycles. The van der Waals surface area contributed by atoms with Crippen molar-refractivity contribution in [1.29, 1.82) is 0 Å². The highest BCUT2D eigenvalue weighted by Crippen LogP contribution is 2.18. The summed E-state index contributed by atoms with van der Waals surface area (Å²) in [5, 5.41) is 2.87. The van der Waals surface area contributed by atoms with Crippen LogP contribution in [0.25, 0.3) is 11.0 Å². The van der Waals surface area contributed by atoms with Crippen molar-refractivity contribution in [2.45, 2.75) is 33.7 Å². The molecule has 152 valence electrons. The molecule has 0 radical (unpaired) electrons. The van der Waals surface area contributed by atoms with E-state index < -0.39 is 0 Å². The lowest BCUT2D eigenvalue weighted by Crippen LogP contribution is -2.26. The number of hydrogen-bond acceptors (Lipinski definition) is 4. The van der Waals surface area contributed by atoms with Gasteiger partial charge < -0.3 is 14.6 Å². The van der Waals surface area contributed by atoms with E-state index in [4.69, 9.17) is 4.74 Å². The number of aryl methyl sites for hydroxylation is 3. The van der Waals surface area contributed by atoms with E-state index in [0.717, 1.165) is 34.1 Å². The summed E-state index contributed by atoms with van der Waals surface area (Å²) in [7, 11) is 1.64. The van der Waals surface area contributed by atoms with Crippen molar-refractivity contribution in [1.82, 2.24) is 14.9 Å². The summed E-state index contributed by atoms with van der Waals surface area (Å²) in [6.07, 6.45) is 0.774. The van der Waals surface area contributed by atoms with Gasteiger partial charge in [-0.25, -0.2) is 4.98 Å². The highest BCUT2D eigenvalue weighted by atomic mass is 16.5. The van der Waals surface area contributed by atoms with Crippen LogP contribution in [0.1, 0.15) is 39.2 Å². The highest BCUT2D eigenvalue weighted by Gasteiger charge is 2.11. The molecule has 0 saturated heterocycles. The average molecular weight is 393 g/mol. The second-order valence-corrected chi connectivity index (χ2v) is 7.31. The maximum absolute atomic E-state index is 12.8. The fraction of sp³-hybridized carbons (Fsp3) is 0.348. The van der Waals surface area contributed by atoms with Crippen molar-refractivity contribution in [3.63, 3.8) is 0 Å². The molecule has 1 N–H and O–H groups in total. The van der Waals surface area contributed by atoms with E-state index in [0.29, 0.717) is 31.0 Å². The van der Waals surface area contributed by atoms with Gasteiger partial charge in [-0.15, -0.1) is 0 Å². The fourth-order valence-corrected chi connectivity index (χ4v) is 3.25. The molecule has 1 aromatic heterocycles. The molecule has 3 rings (SSSR count). The molecular weight excluding hydrogens is 366 g/mol. The predicted octanol–water partition coefficient (Wildman–Crippen LogP) is 3.14. The number of benzene rings is 2. The standard InChI is InChI=1S/C23H27N3O3/c1-15-12-20-21(13-16(15)2)26(23(28)17(3)25-20)14-18-6-8-19(9-7-18)22(27)24-10-5-11-29-4/h6-9,12-13H,5,10-11,14H2,1-4H3,(H,24,27). The van der Waals surface area contributed by atoms with Crippen molar-refractivity contribution < 1.29 is 9.53 Å². The maximum Gasteiger partial charge on any atom is 0.272 e. The first-order chi connectivity index (χ1) is 13.9. The van der Waals surface area contributed by atoms with Crippen LogP contribution in [0.15, 0.2) is 41.2 Å². The molecule has 29 heavy (non-hydrogen) atoms. The Morgan fingerprint density at radius 2 is 1.79 bits per heavy atom. The Bertz CT molecular complexity index is 1090. The molecule has 0 aliphatic rings. The fourth-order valence-electron chi connectivity index (χ4n) is 3.25. The average Bonchev–Trinajstić information content (AvgIpc) is 2.71. The van der Waals surface area contributed by atoms with Crippen LogP contribution in [0.2, 0.25) is 0 Å². The lowest BCUT2D eigenvalue weighted by molar-refractivity contribution is 0.0948. The van der Waals surface area contributed by atoms with Crippen LogP contribution in [0, 0.1) is 20.8 Å². The summed E-state index contributed by atoms with van der Waals surface area (Å²) in [5.41, 5.74) is 5.84. The van der Waals surface area contributed by atoms with E-state index in [1.165, 1.54) is 0 Å². The molecule has 2 aromatic carbocycles. The monoisotopic (exact) mass is 393 g/mol. The van der Waals surface area contributed by atoms with Gasteiger partial charge >= 0.3 is 0 Å². The number of ether oxygens (including phenoxy) is 1. The molecule has 0 aliphatic heterocycles. The van der Waals surface area contributed by atoms with Gasteiger partial charge in [0.05, 0.1) is 17.6 Å². The SMILES string of the molecule is COCCCNC(=O)c1ccc(Cn2c(=O)c(C)nc3cc(C)c(C)cc32)cc1. The Morgan fingerprint density at radius 1 is 1.10 bits per heavy atom. The number of hydrogen-bond donors (Lipinski definition) is 1. The Morgan fingerprint density at radius 3 is 2.48 bits per heavy atom. The van der Waals surface area contributed by atoms with Crippen molar-refractivity contribution in [3.8, 4) is 0 Å². The lowest BCUT2D eigenvalue weighted by atomic mass is 10.1. The van der Waals surface area contributed by atoms with E-state index in [1.807, 2.05) is 38.1 Å². The summed E-state index contributed by atoms with van der Waals surface area (Å²) in [6, 6.07) is 11.4. The quantitative estimate of drug-likeness (QED) is 0.626. The Balaban J connectivity index is 1.84. The van der Waals surface area contributed by atoms with Crippen molar-refractivity contribution in [3.05, 3.63) is 74.7 Å². The Hall–Kier alpha value is -2.99. The minimum atomic E-state index is -0.110. The van der Waals surface area contributed by atoms with Crippen molar-refractivity contribution >= 4 is 16.9 Å². The molecule has 6 heteroatoms. The number of carbonyl (C=O) groups excluding carboxylic acids is 1. The lowest BCUT2D eigenvalue weighted by Gasteiger charge is -2.13. The van der Waals surface area contributed by atoms with E-state index in [2.05, 4.69) is 10.3 Å². The van der Waals surface area contributed by atoms with Gasteiger partial charge in [-0.2, -0.15) is 0 Å². The number of rotatable bonds is 7. The number of fused-ring (bicyclic) bond motifs is 1. The molecule has 0 atom stereocenters. The van der Waals surface area contributed by atoms with E-state index in [1.54, 1.807) is 30.7 Å². The second kappa shape index (κ2) is 9.01. The molecule has 6 nitrogen and oxygen atoms in total. The molecule has 0 bridgehead atoms. The largest absolute Gasteiger partial charge is 0.385 e. The molecule has 0 spiro atoms. The molecule has 1 heterocycles. The molecule has 1 amide bonds. The molecule has 0 unspecified atom stereocenters. The zero-order valence-electron chi connectivity index (χ0n) is 17.4. The van der Waals surface area contributed by atoms with E-state index >= 15 is 0 Å². The van der Waals surface area contributed by atoms with Crippen LogP contribution in [-0.4, -0.2) is 35.7 Å². The van der Waals surface area contributed by atoms with Crippen LogP contribution in [0.3, 0.4) is 0 Å². The van der Waals surface area contributed by atoms with Crippen LogP contribution in [0.4, 0.5) is 0 Å². The number of aromatic nitrogens is 2. The molecule has 3 aromatic rings. The van der Waals surface area contributed by atoms with Gasteiger partial charge in [0.15, 0.2) is 0 Å². The van der Waals surface area contributed by atoms with Gasteiger partial charge in [0.25, 0.3) is 11.5 Å². The second-order valence-electron chi connectivity index (χ2n) is 7.31. The first-order valence-electron chi connectivity index (χ1n) is 9.75. The maximum atomic E-state index is 12.8. The zero-order valence-corrected chi connectivity index (χ0v) is 17.4. The van der Waals surface area contributed by atoms with Gasteiger partial charge in [0.1, 0.15) is 5.69 Å². The third-order valence-electron chi connectivity index (χ3n) is 5.09. The van der Waals surface area contributed by atoms with Crippen molar-refractivity contribution in [2.75, 3.05) is 20.3 Å². The van der Waals surface area contributed by atoms with Gasteiger partial charge in [0.2, 0.25) is 0 Å². The third kappa shape index (κ3) is 4.71. The number of carbonyl (C=O) groups is 1. The van der Waals surface area contributed by atoms with Gasteiger partial charge in [-0.1, -0.05) is 12.1 Å². The summed E-state index contributed by atoms with van der Waals surface area (Å²) in [4.78, 5) is 29.4. The minimum absolute atomic E-state index is 0.0966. The summed E-state index contributed by atoms with van der Waals surface area (Å²) in [5.74, 6) is -0.110. The highest BCUT2D eigenvalue weighted by molar-refractivity contribution is 5.94. The normalized spacial score (nSPS) is 11.0. The van der Waals surface area contributed by atoms with Crippen LogP contribution in [0.5, 0.6) is 0 Å². The van der Waals surface area contributed by atoms with Crippen molar-refractivity contribution in [2.24, 2.45) is 0 Å². The van der Waals surface area contributed by atoms with E-state index in [9.17, 15) is 9.59 Å². The summed E-state index contributed by atoms with van der Waals surface area (Å²) >= 11 is 0. The van der Waals surface area contributed by atoms with Gasteiger partial charge in [0, 0.05) is 25.8 Å². The number of nitrogens with one attached hydrogen (secondary N) is 1. The van der Waals surface area contributed by atoms with Gasteiger partial charge in [-0.05, 0) is 68.1 Å². The Labute approximate surface area is 170 Å². The molecule has 0 saturated carbocycles. The smallest absolute Gasteiger partial charge is 0.272 e. The number of methoxy groups -OCH3 is 1. The number of amides is 1. The third-order valence-corrected chi connectivity index (χ3v) is 5.09. The minimum Gasteiger partial charge on any atom is -0.385 e. The predicted molar refractivity (Wildman–Crippen MR) is 115 cm³/mol. The van der Waals surface area contributed by atoms with Gasteiger partial charge in [-0.3, -0.25) is 9.59 Å². The summed E-state index contributed by atoms with van der Waals surface area (Å²) < 4.78 is 6.73. The summed E-state index contributed by atoms with van der Waals surface area (Å²) in [6.45, 7) is 7.43. The number of nitrogens with zero attached hydrogens (tertiary/aromatic N) is 2.